The summed E-state index contributed by atoms with van der Waals surface area (Å²) in [5, 5.41) is 9.14. The Hall–Kier alpha value is -0.660. The molecule has 0 saturated carbocycles. The number of carbonyl (C=O) groups is 1. The Bertz CT molecular complexity index is 300. The second-order valence-electron chi connectivity index (χ2n) is 3.37. The number of aliphatic hydroxyl groups excluding tert-OH is 1. The van der Waals surface area contributed by atoms with Gasteiger partial charge in [-0.2, -0.15) is 0 Å². The molecule has 0 aromatic carbocycles. The van der Waals surface area contributed by atoms with E-state index in [0.717, 1.165) is 0 Å². The Morgan fingerprint density at radius 1 is 1.43 bits per heavy atom. The highest BCUT2D eigenvalue weighted by Gasteiger charge is 2.24. The first-order valence-electron chi connectivity index (χ1n) is 4.31. The zero-order chi connectivity index (χ0) is 10.8. The molecule has 0 aromatic heterocycles. The predicted octanol–water partition coefficient (Wildman–Crippen LogP) is -2.44. The van der Waals surface area contributed by atoms with E-state index in [4.69, 9.17) is 10.8 Å². The summed E-state index contributed by atoms with van der Waals surface area (Å²) >= 11 is 0. The van der Waals surface area contributed by atoms with Crippen LogP contribution >= 0.6 is 0 Å². The van der Waals surface area contributed by atoms with Gasteiger partial charge in [-0.25, -0.2) is 8.42 Å². The fourth-order valence-corrected chi connectivity index (χ4v) is 2.54. The first kappa shape index (κ1) is 11.4. The van der Waals surface area contributed by atoms with Gasteiger partial charge in [-0.3, -0.25) is 9.69 Å². The van der Waals surface area contributed by atoms with Crippen LogP contribution in [-0.2, 0) is 14.6 Å². The summed E-state index contributed by atoms with van der Waals surface area (Å²) in [6, 6.07) is 0. The molecule has 1 aliphatic rings. The fourth-order valence-electron chi connectivity index (χ4n) is 1.27. The monoisotopic (exact) mass is 222 g/mol. The van der Waals surface area contributed by atoms with E-state index in [9.17, 15) is 13.2 Å². The van der Waals surface area contributed by atoms with Crippen molar-refractivity contribution in [2.45, 2.75) is 6.10 Å². The Kier molecular flexibility index (Phi) is 3.46. The third-order valence-electron chi connectivity index (χ3n) is 2.20. The van der Waals surface area contributed by atoms with Crippen molar-refractivity contribution >= 4 is 15.7 Å². The Labute approximate surface area is 82.6 Å². The van der Waals surface area contributed by atoms with E-state index in [1.165, 1.54) is 0 Å². The van der Waals surface area contributed by atoms with Gasteiger partial charge >= 0.3 is 0 Å². The highest BCUT2D eigenvalue weighted by molar-refractivity contribution is 7.91. The topological polar surface area (TPSA) is 101 Å². The first-order chi connectivity index (χ1) is 6.41. The zero-order valence-electron chi connectivity index (χ0n) is 7.72. The summed E-state index contributed by atoms with van der Waals surface area (Å²) in [6.45, 7) is 0.824. The molecule has 3 N–H and O–H groups in total. The SMILES string of the molecule is NC(=O)C(O)CN1CCS(=O)(=O)CC1. The quantitative estimate of drug-likeness (QED) is 0.552. The molecule has 0 aromatic rings. The summed E-state index contributed by atoms with van der Waals surface area (Å²) in [4.78, 5) is 12.2. The number of hydrogen-bond acceptors (Lipinski definition) is 5. The Morgan fingerprint density at radius 3 is 2.36 bits per heavy atom. The van der Waals surface area contributed by atoms with Crippen LogP contribution in [0.25, 0.3) is 0 Å². The van der Waals surface area contributed by atoms with E-state index in [0.29, 0.717) is 13.1 Å². The van der Waals surface area contributed by atoms with E-state index >= 15 is 0 Å². The standard InChI is InChI=1S/C7H14N2O4S/c8-7(11)6(10)5-9-1-3-14(12,13)4-2-9/h6,10H,1-5H2,(H2,8,11). The van der Waals surface area contributed by atoms with Gasteiger partial charge in [-0.15, -0.1) is 0 Å². The van der Waals surface area contributed by atoms with Crippen LogP contribution in [0.3, 0.4) is 0 Å². The van der Waals surface area contributed by atoms with Crippen molar-refractivity contribution in [2.75, 3.05) is 31.1 Å². The largest absolute Gasteiger partial charge is 0.382 e. The molecule has 82 valence electrons. The predicted molar refractivity (Wildman–Crippen MR) is 50.3 cm³/mol. The molecule has 1 fully saturated rings. The van der Waals surface area contributed by atoms with Gasteiger partial charge in [0.05, 0.1) is 11.5 Å². The lowest BCUT2D eigenvalue weighted by molar-refractivity contribution is -0.126. The van der Waals surface area contributed by atoms with Crippen molar-refractivity contribution in [2.24, 2.45) is 5.73 Å². The average Bonchev–Trinajstić information content (AvgIpc) is 2.08. The molecule has 6 nitrogen and oxygen atoms in total. The molecule has 0 bridgehead atoms. The lowest BCUT2D eigenvalue weighted by Gasteiger charge is -2.27. The van der Waals surface area contributed by atoms with Crippen molar-refractivity contribution in [3.05, 3.63) is 0 Å². The Morgan fingerprint density at radius 2 is 1.93 bits per heavy atom. The summed E-state index contributed by atoms with van der Waals surface area (Å²) in [5.74, 6) is -0.616. The summed E-state index contributed by atoms with van der Waals surface area (Å²) in [5.41, 5.74) is 4.87. The normalized spacial score (nSPS) is 24.4. The van der Waals surface area contributed by atoms with Gasteiger partial charge in [0, 0.05) is 19.6 Å². The molecule has 1 heterocycles. The number of rotatable bonds is 3. The van der Waals surface area contributed by atoms with Crippen LogP contribution in [0.1, 0.15) is 0 Å². The number of amides is 1. The van der Waals surface area contributed by atoms with Gasteiger partial charge in [-0.05, 0) is 0 Å². The minimum atomic E-state index is -2.91. The number of carbonyl (C=O) groups excluding carboxylic acids is 1. The maximum Gasteiger partial charge on any atom is 0.247 e. The maximum atomic E-state index is 11.0. The van der Waals surface area contributed by atoms with Gasteiger partial charge in [0.1, 0.15) is 6.10 Å². The van der Waals surface area contributed by atoms with Crippen LogP contribution in [0, 0.1) is 0 Å². The molecule has 0 spiro atoms. The van der Waals surface area contributed by atoms with Gasteiger partial charge < -0.3 is 10.8 Å². The minimum Gasteiger partial charge on any atom is -0.382 e. The van der Waals surface area contributed by atoms with Crippen molar-refractivity contribution in [1.82, 2.24) is 4.90 Å². The number of sulfone groups is 1. The molecule has 1 aliphatic heterocycles. The lowest BCUT2D eigenvalue weighted by Crippen LogP contribution is -2.46. The molecular formula is C7H14N2O4S. The summed E-state index contributed by atoms with van der Waals surface area (Å²) in [7, 11) is -2.91. The lowest BCUT2D eigenvalue weighted by atomic mass is 10.3. The maximum absolute atomic E-state index is 11.0. The van der Waals surface area contributed by atoms with Crippen molar-refractivity contribution < 1.29 is 18.3 Å². The summed E-state index contributed by atoms with van der Waals surface area (Å²) < 4.78 is 22.1. The van der Waals surface area contributed by atoms with Crippen LogP contribution in [0.15, 0.2) is 0 Å². The zero-order valence-corrected chi connectivity index (χ0v) is 8.53. The van der Waals surface area contributed by atoms with Crippen LogP contribution in [0.4, 0.5) is 0 Å². The molecule has 14 heavy (non-hydrogen) atoms. The van der Waals surface area contributed by atoms with E-state index in [1.54, 1.807) is 4.90 Å². The number of aliphatic hydroxyl groups is 1. The van der Waals surface area contributed by atoms with Crippen LogP contribution in [0.5, 0.6) is 0 Å². The van der Waals surface area contributed by atoms with Gasteiger partial charge in [-0.1, -0.05) is 0 Å². The second-order valence-corrected chi connectivity index (χ2v) is 5.67. The molecule has 1 atom stereocenters. The second kappa shape index (κ2) is 4.24. The van der Waals surface area contributed by atoms with Crippen LogP contribution in [0.2, 0.25) is 0 Å². The third-order valence-corrected chi connectivity index (χ3v) is 3.81. The fraction of sp³-hybridized carbons (Fsp3) is 0.857. The highest BCUT2D eigenvalue weighted by atomic mass is 32.2. The van der Waals surface area contributed by atoms with Crippen molar-refractivity contribution in [3.8, 4) is 0 Å². The van der Waals surface area contributed by atoms with Crippen LogP contribution < -0.4 is 5.73 Å². The molecule has 1 amide bonds. The minimum absolute atomic E-state index is 0.0818. The summed E-state index contributed by atoms with van der Waals surface area (Å²) in [6.07, 6.45) is -1.21. The van der Waals surface area contributed by atoms with Crippen molar-refractivity contribution in [1.29, 1.82) is 0 Å². The number of primary amides is 1. The number of hydrogen-bond donors (Lipinski definition) is 2. The average molecular weight is 222 g/mol. The van der Waals surface area contributed by atoms with Gasteiger partial charge in [0.2, 0.25) is 5.91 Å². The number of nitrogens with two attached hydrogens (primary N) is 1. The smallest absolute Gasteiger partial charge is 0.247 e. The van der Waals surface area contributed by atoms with Gasteiger partial charge in [0.15, 0.2) is 9.84 Å². The number of nitrogens with zero attached hydrogens (tertiary/aromatic N) is 1. The Balaban J connectivity index is 2.40. The molecule has 7 heteroatoms. The highest BCUT2D eigenvalue weighted by Crippen LogP contribution is 2.04. The van der Waals surface area contributed by atoms with Crippen LogP contribution in [-0.4, -0.2) is 61.6 Å². The van der Waals surface area contributed by atoms with E-state index < -0.39 is 21.8 Å². The van der Waals surface area contributed by atoms with E-state index in [2.05, 4.69) is 0 Å². The molecule has 0 radical (unpaired) electrons. The number of β-amino-alcohol motifs (C(OH)–C–C–N with tert-alkyl or cyclic N) is 1. The third kappa shape index (κ3) is 3.24. The molecule has 1 unspecified atom stereocenters. The van der Waals surface area contributed by atoms with E-state index in [-0.39, 0.29) is 18.1 Å². The first-order valence-corrected chi connectivity index (χ1v) is 6.13. The van der Waals surface area contributed by atoms with E-state index in [1.807, 2.05) is 0 Å². The van der Waals surface area contributed by atoms with Gasteiger partial charge in [0.25, 0.3) is 0 Å². The molecule has 0 aliphatic carbocycles. The molecular weight excluding hydrogens is 208 g/mol. The molecule has 1 rings (SSSR count). The van der Waals surface area contributed by atoms with Crippen molar-refractivity contribution in [3.63, 3.8) is 0 Å². The molecule has 1 saturated heterocycles.